The first-order chi connectivity index (χ1) is 15.6. The van der Waals surface area contributed by atoms with Gasteiger partial charge in [-0.1, -0.05) is 20.8 Å². The number of ether oxygens (including phenoxy) is 3. The topological polar surface area (TPSA) is 54.0 Å². The van der Waals surface area contributed by atoms with Gasteiger partial charge in [0.1, 0.15) is 4.88 Å². The molecule has 1 saturated heterocycles. The van der Waals surface area contributed by atoms with Crippen LogP contribution in [0.15, 0.2) is 12.1 Å². The zero-order valence-corrected chi connectivity index (χ0v) is 23.3. The number of hydrogen-bond acceptors (Lipinski definition) is 6. The minimum atomic E-state index is -1.77. The highest BCUT2D eigenvalue weighted by Crippen LogP contribution is 2.42. The van der Waals surface area contributed by atoms with Crippen molar-refractivity contribution in [3.63, 3.8) is 0 Å². The Morgan fingerprint density at radius 2 is 1.97 bits per heavy atom. The second-order valence-electron chi connectivity index (χ2n) is 11.2. The number of thiophene rings is 1. The van der Waals surface area contributed by atoms with Gasteiger partial charge in [0.2, 0.25) is 0 Å². The lowest BCUT2D eigenvalue weighted by atomic mass is 9.90. The van der Waals surface area contributed by atoms with E-state index in [2.05, 4.69) is 39.9 Å². The van der Waals surface area contributed by atoms with Gasteiger partial charge in [0.25, 0.3) is 0 Å². The third-order valence-corrected chi connectivity index (χ3v) is 13.5. The van der Waals surface area contributed by atoms with Gasteiger partial charge in [-0.05, 0) is 93.5 Å². The van der Waals surface area contributed by atoms with Gasteiger partial charge in [-0.2, -0.15) is 0 Å². The van der Waals surface area contributed by atoms with Crippen molar-refractivity contribution in [1.29, 1.82) is 0 Å². The van der Waals surface area contributed by atoms with Gasteiger partial charge in [0.05, 0.1) is 13.2 Å². The second-order valence-corrected chi connectivity index (χ2v) is 17.2. The fourth-order valence-corrected chi connectivity index (χ4v) is 6.72. The van der Waals surface area contributed by atoms with Gasteiger partial charge in [-0.25, -0.2) is 4.79 Å². The molecule has 0 aromatic carbocycles. The van der Waals surface area contributed by atoms with E-state index in [0.29, 0.717) is 16.7 Å². The van der Waals surface area contributed by atoms with Crippen molar-refractivity contribution in [1.82, 2.24) is 0 Å². The van der Waals surface area contributed by atoms with Crippen LogP contribution in [0.3, 0.4) is 0 Å². The molecule has 5 nitrogen and oxygen atoms in total. The first-order valence-corrected chi connectivity index (χ1v) is 16.4. The minimum absolute atomic E-state index is 0.0359. The first-order valence-electron chi connectivity index (χ1n) is 12.7. The van der Waals surface area contributed by atoms with Crippen LogP contribution in [0.25, 0.3) is 0 Å². The smallest absolute Gasteiger partial charge is 0.348 e. The Hall–Kier alpha value is -0.733. The molecule has 4 atom stereocenters. The molecule has 0 spiro atoms. The lowest BCUT2D eigenvalue weighted by Gasteiger charge is -2.38. The molecule has 2 aliphatic rings. The third kappa shape index (κ3) is 7.37. The maximum Gasteiger partial charge on any atom is 0.348 e. The molecule has 1 aliphatic heterocycles. The molecule has 1 saturated carbocycles. The first kappa shape index (κ1) is 26.9. The van der Waals surface area contributed by atoms with E-state index in [1.165, 1.54) is 24.8 Å². The van der Waals surface area contributed by atoms with Crippen LogP contribution in [0.2, 0.25) is 18.1 Å². The molecule has 1 unspecified atom stereocenters. The Labute approximate surface area is 205 Å². The molecule has 3 rings (SSSR count). The molecule has 7 heteroatoms. The fraction of sp³-hybridized carbons (Fsp3) is 0.808. The zero-order valence-electron chi connectivity index (χ0n) is 21.5. The SMILES string of the molecule is COC(=O)c1ccc(CCC[C@@H]2[C@@H](CO[Si](C)(C)C(C)(C)C)CC[C@@H]2OC2CCCCO2)s1. The van der Waals surface area contributed by atoms with Crippen LogP contribution < -0.4 is 0 Å². The molecule has 1 aliphatic carbocycles. The Bertz CT molecular complexity index is 750. The predicted octanol–water partition coefficient (Wildman–Crippen LogP) is 6.82. The van der Waals surface area contributed by atoms with Crippen molar-refractivity contribution in [3.05, 3.63) is 21.9 Å². The number of aryl methyl sites for hydroxylation is 1. The summed E-state index contributed by atoms with van der Waals surface area (Å²) in [7, 11) is -0.335. The van der Waals surface area contributed by atoms with E-state index >= 15 is 0 Å². The summed E-state index contributed by atoms with van der Waals surface area (Å²) < 4.78 is 23.9. The quantitative estimate of drug-likeness (QED) is 0.263. The van der Waals surface area contributed by atoms with Crippen LogP contribution in [0.4, 0.5) is 0 Å². The average molecular weight is 497 g/mol. The fourth-order valence-electron chi connectivity index (χ4n) is 4.69. The molecule has 0 bridgehead atoms. The highest BCUT2D eigenvalue weighted by atomic mass is 32.1. The van der Waals surface area contributed by atoms with E-state index in [-0.39, 0.29) is 23.4 Å². The summed E-state index contributed by atoms with van der Waals surface area (Å²) in [4.78, 5) is 13.7. The second kappa shape index (κ2) is 11.8. The monoisotopic (exact) mass is 496 g/mol. The maximum absolute atomic E-state index is 11.8. The molecule has 0 N–H and O–H groups in total. The standard InChI is InChI=1S/C26H44O5SSi/c1-26(2,3)33(5,6)30-18-19-13-15-22(31-24-12-7-8-17-29-24)21(19)11-9-10-20-14-16-23(32-20)25(27)28-4/h14,16,19,21-22,24H,7-13,15,17-18H2,1-6H3/t19-,21-,22+,24?/m1/s1. The van der Waals surface area contributed by atoms with Gasteiger partial charge in [-0.3, -0.25) is 0 Å². The Morgan fingerprint density at radius 1 is 1.18 bits per heavy atom. The summed E-state index contributed by atoms with van der Waals surface area (Å²) in [5.41, 5.74) is 0. The predicted molar refractivity (Wildman–Crippen MR) is 136 cm³/mol. The van der Waals surface area contributed by atoms with Crippen molar-refractivity contribution < 1.29 is 23.4 Å². The molecule has 188 valence electrons. The van der Waals surface area contributed by atoms with Crippen molar-refractivity contribution in [3.8, 4) is 0 Å². The summed E-state index contributed by atoms with van der Waals surface area (Å²) in [5, 5.41) is 0.226. The third-order valence-electron chi connectivity index (χ3n) is 7.84. The van der Waals surface area contributed by atoms with Crippen LogP contribution in [0.5, 0.6) is 0 Å². The van der Waals surface area contributed by atoms with Crippen LogP contribution in [-0.2, 0) is 25.1 Å². The van der Waals surface area contributed by atoms with Crippen LogP contribution in [-0.4, -0.2) is 47.0 Å². The number of hydrogen-bond donors (Lipinski definition) is 0. The van der Waals surface area contributed by atoms with Gasteiger partial charge >= 0.3 is 5.97 Å². The number of rotatable bonds is 10. The van der Waals surface area contributed by atoms with E-state index in [0.717, 1.165) is 51.7 Å². The Balaban J connectivity index is 1.60. The lowest BCUT2D eigenvalue weighted by molar-refractivity contribution is -0.196. The Morgan fingerprint density at radius 3 is 2.64 bits per heavy atom. The Kier molecular flexibility index (Phi) is 9.61. The van der Waals surface area contributed by atoms with E-state index in [4.69, 9.17) is 18.6 Å². The summed E-state index contributed by atoms with van der Waals surface area (Å²) >= 11 is 1.55. The zero-order chi connectivity index (χ0) is 24.1. The molecule has 33 heavy (non-hydrogen) atoms. The van der Waals surface area contributed by atoms with Crippen LogP contribution in [0, 0.1) is 11.8 Å². The van der Waals surface area contributed by atoms with Crippen LogP contribution in [0.1, 0.15) is 80.3 Å². The van der Waals surface area contributed by atoms with Crippen molar-refractivity contribution in [2.45, 2.75) is 103 Å². The largest absolute Gasteiger partial charge is 0.465 e. The maximum atomic E-state index is 11.8. The van der Waals surface area contributed by atoms with E-state index in [1.807, 2.05) is 6.07 Å². The molecule has 1 aromatic rings. The van der Waals surface area contributed by atoms with Gasteiger partial charge in [-0.15, -0.1) is 11.3 Å². The summed E-state index contributed by atoms with van der Waals surface area (Å²) in [6.07, 6.45) is 9.04. The van der Waals surface area contributed by atoms with Gasteiger partial charge < -0.3 is 18.6 Å². The molecule has 0 radical (unpaired) electrons. The summed E-state index contributed by atoms with van der Waals surface area (Å²) in [6.45, 7) is 13.3. The highest BCUT2D eigenvalue weighted by Gasteiger charge is 2.42. The lowest BCUT2D eigenvalue weighted by Crippen LogP contribution is -2.42. The molecular formula is C26H44O5SSi. The molecule has 2 heterocycles. The number of methoxy groups -OCH3 is 1. The number of carbonyl (C=O) groups is 1. The molecule has 1 aromatic heterocycles. The summed E-state index contributed by atoms with van der Waals surface area (Å²) in [5.74, 6) is 0.799. The van der Waals surface area contributed by atoms with Crippen molar-refractivity contribution in [2.24, 2.45) is 11.8 Å². The number of esters is 1. The van der Waals surface area contributed by atoms with Crippen molar-refractivity contribution >= 4 is 25.6 Å². The van der Waals surface area contributed by atoms with Crippen molar-refractivity contribution in [2.75, 3.05) is 20.3 Å². The van der Waals surface area contributed by atoms with E-state index < -0.39 is 8.32 Å². The van der Waals surface area contributed by atoms with E-state index in [1.54, 1.807) is 11.3 Å². The highest BCUT2D eigenvalue weighted by molar-refractivity contribution is 7.13. The average Bonchev–Trinajstić information content (AvgIpc) is 3.39. The number of carbonyl (C=O) groups excluding carboxylic acids is 1. The van der Waals surface area contributed by atoms with Gasteiger partial charge in [0.15, 0.2) is 14.6 Å². The van der Waals surface area contributed by atoms with Crippen LogP contribution >= 0.6 is 11.3 Å². The van der Waals surface area contributed by atoms with Gasteiger partial charge in [0, 0.05) is 18.1 Å². The normalized spacial score (nSPS) is 26.5. The molecule has 2 fully saturated rings. The molecular weight excluding hydrogens is 452 g/mol. The minimum Gasteiger partial charge on any atom is -0.465 e. The van der Waals surface area contributed by atoms with E-state index in [9.17, 15) is 4.79 Å². The molecule has 0 amide bonds. The summed E-state index contributed by atoms with van der Waals surface area (Å²) in [6, 6.07) is 3.94.